The van der Waals surface area contributed by atoms with Gasteiger partial charge in [0.2, 0.25) is 5.88 Å². The molecule has 0 saturated carbocycles. The second-order valence-electron chi connectivity index (χ2n) is 4.16. The summed E-state index contributed by atoms with van der Waals surface area (Å²) < 4.78 is 5.75. The van der Waals surface area contributed by atoms with E-state index < -0.39 is 0 Å². The zero-order valence-corrected chi connectivity index (χ0v) is 9.80. The quantitative estimate of drug-likeness (QED) is 0.717. The number of hydrogen-bond donors (Lipinski definition) is 0. The van der Waals surface area contributed by atoms with Crippen LogP contribution in [-0.2, 0) is 0 Å². The summed E-state index contributed by atoms with van der Waals surface area (Å²) in [4.78, 5) is 4.08. The maximum atomic E-state index is 5.76. The lowest BCUT2D eigenvalue weighted by atomic mass is 9.95. The summed E-state index contributed by atoms with van der Waals surface area (Å²) in [6.07, 6.45) is 0. The third-order valence-electron chi connectivity index (χ3n) is 2.45. The molecular weight excluding hydrogens is 198 g/mol. The summed E-state index contributed by atoms with van der Waals surface area (Å²) in [7, 11) is 0. The van der Waals surface area contributed by atoms with E-state index in [1.165, 1.54) is 0 Å². The van der Waals surface area contributed by atoms with Gasteiger partial charge in [0.1, 0.15) is 10.8 Å². The molecule has 78 valence electrons. The first-order chi connectivity index (χ1) is 6.42. The Morgan fingerprint density at radius 1 is 1.36 bits per heavy atom. The SMILES string of the molecule is CC(C)C(C)(C)Oc1cccc(Cl)n1. The number of halogens is 1. The highest BCUT2D eigenvalue weighted by atomic mass is 35.5. The minimum Gasteiger partial charge on any atom is -0.471 e. The van der Waals surface area contributed by atoms with Crippen LogP contribution in [0, 0.1) is 5.92 Å². The first-order valence-corrected chi connectivity index (χ1v) is 5.11. The highest BCUT2D eigenvalue weighted by Gasteiger charge is 2.24. The molecule has 1 aromatic rings. The molecule has 0 aromatic carbocycles. The first kappa shape index (κ1) is 11.3. The van der Waals surface area contributed by atoms with Gasteiger partial charge in [-0.15, -0.1) is 0 Å². The van der Waals surface area contributed by atoms with E-state index in [-0.39, 0.29) is 5.60 Å². The molecule has 1 heterocycles. The first-order valence-electron chi connectivity index (χ1n) is 4.73. The van der Waals surface area contributed by atoms with Crippen LogP contribution in [0.5, 0.6) is 5.88 Å². The molecule has 1 rings (SSSR count). The molecule has 1 aromatic heterocycles. The van der Waals surface area contributed by atoms with Gasteiger partial charge in [-0.3, -0.25) is 0 Å². The van der Waals surface area contributed by atoms with Crippen LogP contribution in [0.15, 0.2) is 18.2 Å². The molecule has 0 unspecified atom stereocenters. The lowest BCUT2D eigenvalue weighted by Crippen LogP contribution is -2.34. The van der Waals surface area contributed by atoms with Crippen LogP contribution < -0.4 is 4.74 Å². The van der Waals surface area contributed by atoms with Gasteiger partial charge in [0.05, 0.1) is 0 Å². The predicted octanol–water partition coefficient (Wildman–Crippen LogP) is 3.55. The van der Waals surface area contributed by atoms with Crippen molar-refractivity contribution in [3.8, 4) is 5.88 Å². The van der Waals surface area contributed by atoms with Gasteiger partial charge >= 0.3 is 0 Å². The fraction of sp³-hybridized carbons (Fsp3) is 0.545. The average molecular weight is 214 g/mol. The number of aromatic nitrogens is 1. The minimum absolute atomic E-state index is 0.225. The van der Waals surface area contributed by atoms with E-state index in [0.717, 1.165) is 0 Å². The molecule has 14 heavy (non-hydrogen) atoms. The Bertz CT molecular complexity index is 310. The third-order valence-corrected chi connectivity index (χ3v) is 2.66. The van der Waals surface area contributed by atoms with E-state index in [2.05, 4.69) is 18.8 Å². The summed E-state index contributed by atoms with van der Waals surface area (Å²) in [6.45, 7) is 8.32. The minimum atomic E-state index is -0.225. The molecule has 0 aliphatic carbocycles. The number of nitrogens with zero attached hydrogens (tertiary/aromatic N) is 1. The van der Waals surface area contributed by atoms with Crippen molar-refractivity contribution in [2.45, 2.75) is 33.3 Å². The summed E-state index contributed by atoms with van der Waals surface area (Å²) >= 11 is 5.76. The van der Waals surface area contributed by atoms with Crippen LogP contribution in [0.4, 0.5) is 0 Å². The van der Waals surface area contributed by atoms with Gasteiger partial charge < -0.3 is 4.74 Å². The fourth-order valence-corrected chi connectivity index (χ4v) is 0.990. The van der Waals surface area contributed by atoms with Gasteiger partial charge in [-0.1, -0.05) is 31.5 Å². The topological polar surface area (TPSA) is 22.1 Å². The summed E-state index contributed by atoms with van der Waals surface area (Å²) in [5.74, 6) is 1.000. The number of ether oxygens (including phenoxy) is 1. The van der Waals surface area contributed by atoms with E-state index in [1.54, 1.807) is 6.07 Å². The molecule has 0 amide bonds. The number of hydrogen-bond acceptors (Lipinski definition) is 2. The van der Waals surface area contributed by atoms with Crippen molar-refractivity contribution in [2.24, 2.45) is 5.92 Å². The molecule has 0 atom stereocenters. The summed E-state index contributed by atoms with van der Waals surface area (Å²) in [6, 6.07) is 5.38. The standard InChI is InChI=1S/C11H16ClNO/c1-8(2)11(3,4)14-10-7-5-6-9(12)13-10/h5-8H,1-4H3. The largest absolute Gasteiger partial charge is 0.471 e. The number of rotatable bonds is 3. The second kappa shape index (κ2) is 4.18. The van der Waals surface area contributed by atoms with E-state index in [1.807, 2.05) is 26.0 Å². The Hall–Kier alpha value is -0.760. The molecule has 0 fully saturated rings. The summed E-state index contributed by atoms with van der Waals surface area (Å²) in [5, 5.41) is 0.460. The highest BCUT2D eigenvalue weighted by molar-refractivity contribution is 6.29. The van der Waals surface area contributed by atoms with E-state index in [4.69, 9.17) is 16.3 Å². The van der Waals surface area contributed by atoms with Crippen LogP contribution in [0.3, 0.4) is 0 Å². The average Bonchev–Trinajstić information content (AvgIpc) is 2.02. The number of pyridine rings is 1. The fourth-order valence-electron chi connectivity index (χ4n) is 0.834. The third kappa shape index (κ3) is 2.88. The van der Waals surface area contributed by atoms with Crippen LogP contribution in [0.25, 0.3) is 0 Å². The van der Waals surface area contributed by atoms with Crippen molar-refractivity contribution in [1.82, 2.24) is 4.98 Å². The van der Waals surface area contributed by atoms with Gasteiger partial charge in [0.25, 0.3) is 0 Å². The van der Waals surface area contributed by atoms with E-state index in [9.17, 15) is 0 Å². The van der Waals surface area contributed by atoms with Gasteiger partial charge in [0, 0.05) is 6.07 Å². The highest BCUT2D eigenvalue weighted by Crippen LogP contribution is 2.23. The van der Waals surface area contributed by atoms with Crippen LogP contribution in [0.2, 0.25) is 5.15 Å². The van der Waals surface area contributed by atoms with Gasteiger partial charge in [0.15, 0.2) is 0 Å². The van der Waals surface area contributed by atoms with Crippen LogP contribution in [0.1, 0.15) is 27.7 Å². The Labute approximate surface area is 90.3 Å². The Balaban J connectivity index is 2.78. The van der Waals surface area contributed by atoms with Crippen molar-refractivity contribution < 1.29 is 4.74 Å². The van der Waals surface area contributed by atoms with Gasteiger partial charge in [-0.05, 0) is 25.8 Å². The van der Waals surface area contributed by atoms with Crippen LogP contribution >= 0.6 is 11.6 Å². The Morgan fingerprint density at radius 2 is 2.00 bits per heavy atom. The molecule has 0 radical (unpaired) electrons. The summed E-state index contributed by atoms with van der Waals surface area (Å²) in [5.41, 5.74) is -0.225. The lowest BCUT2D eigenvalue weighted by Gasteiger charge is -2.29. The molecule has 0 N–H and O–H groups in total. The molecule has 0 saturated heterocycles. The van der Waals surface area contributed by atoms with Gasteiger partial charge in [-0.25, -0.2) is 4.98 Å². The zero-order valence-electron chi connectivity index (χ0n) is 9.04. The molecule has 3 heteroatoms. The second-order valence-corrected chi connectivity index (χ2v) is 4.55. The van der Waals surface area contributed by atoms with Crippen molar-refractivity contribution in [3.05, 3.63) is 23.4 Å². The molecular formula is C11H16ClNO. The van der Waals surface area contributed by atoms with E-state index >= 15 is 0 Å². The predicted molar refractivity (Wildman–Crippen MR) is 58.8 cm³/mol. The van der Waals surface area contributed by atoms with Crippen molar-refractivity contribution in [3.63, 3.8) is 0 Å². The maximum absolute atomic E-state index is 5.76. The zero-order chi connectivity index (χ0) is 10.8. The van der Waals surface area contributed by atoms with Crippen molar-refractivity contribution in [2.75, 3.05) is 0 Å². The molecule has 0 aliphatic heterocycles. The van der Waals surface area contributed by atoms with Crippen LogP contribution in [-0.4, -0.2) is 10.6 Å². The molecule has 0 aliphatic rings. The van der Waals surface area contributed by atoms with Crippen molar-refractivity contribution >= 4 is 11.6 Å². The molecule has 0 bridgehead atoms. The molecule has 0 spiro atoms. The molecule has 2 nitrogen and oxygen atoms in total. The lowest BCUT2D eigenvalue weighted by molar-refractivity contribution is 0.0550. The van der Waals surface area contributed by atoms with Gasteiger partial charge in [-0.2, -0.15) is 0 Å². The van der Waals surface area contributed by atoms with Crippen molar-refractivity contribution in [1.29, 1.82) is 0 Å². The maximum Gasteiger partial charge on any atom is 0.215 e. The smallest absolute Gasteiger partial charge is 0.215 e. The van der Waals surface area contributed by atoms with E-state index in [0.29, 0.717) is 17.0 Å². The monoisotopic (exact) mass is 213 g/mol. The Morgan fingerprint density at radius 3 is 2.50 bits per heavy atom. The Kier molecular flexibility index (Phi) is 3.38. The normalized spacial score (nSPS) is 11.9.